The molecule has 3 nitrogen and oxygen atoms in total. The summed E-state index contributed by atoms with van der Waals surface area (Å²) in [6.45, 7) is 5.11. The summed E-state index contributed by atoms with van der Waals surface area (Å²) in [7, 11) is 0. The number of carbonyl (C=O) groups excluding carboxylic acids is 1. The van der Waals surface area contributed by atoms with E-state index in [1.165, 1.54) is 12.1 Å². The average Bonchev–Trinajstić information content (AvgIpc) is 2.25. The minimum absolute atomic E-state index is 0.196. The van der Waals surface area contributed by atoms with Crippen LogP contribution in [0.4, 0.5) is 9.18 Å². The zero-order valence-corrected chi connectivity index (χ0v) is 9.59. The van der Waals surface area contributed by atoms with Gasteiger partial charge in [0.15, 0.2) is 0 Å². The third-order valence-electron chi connectivity index (χ3n) is 2.04. The first-order valence-corrected chi connectivity index (χ1v) is 5.34. The van der Waals surface area contributed by atoms with Crippen molar-refractivity contribution in [2.24, 2.45) is 5.92 Å². The Bertz CT molecular complexity index is 335. The minimum atomic E-state index is -0.270. The van der Waals surface area contributed by atoms with E-state index >= 15 is 0 Å². The first-order chi connectivity index (χ1) is 7.58. The van der Waals surface area contributed by atoms with Crippen LogP contribution in [0, 0.1) is 11.7 Å². The van der Waals surface area contributed by atoms with E-state index in [0.717, 1.165) is 5.56 Å². The van der Waals surface area contributed by atoms with E-state index in [4.69, 9.17) is 0 Å². The minimum Gasteiger partial charge on any atom is -0.338 e. The lowest BCUT2D eigenvalue weighted by atomic mass is 10.2. The van der Waals surface area contributed by atoms with Gasteiger partial charge in [0.2, 0.25) is 0 Å². The Morgan fingerprint density at radius 1 is 1.25 bits per heavy atom. The Kier molecular flexibility index (Phi) is 4.76. The van der Waals surface area contributed by atoms with E-state index in [9.17, 15) is 9.18 Å². The highest BCUT2D eigenvalue weighted by Gasteiger charge is 2.01. The molecule has 0 saturated heterocycles. The molecule has 0 fully saturated rings. The molecule has 1 aromatic rings. The summed E-state index contributed by atoms with van der Waals surface area (Å²) in [5.41, 5.74) is 0.876. The Morgan fingerprint density at radius 2 is 1.88 bits per heavy atom. The quantitative estimate of drug-likeness (QED) is 0.809. The summed E-state index contributed by atoms with van der Waals surface area (Å²) in [6, 6.07) is 5.86. The van der Waals surface area contributed by atoms with E-state index in [2.05, 4.69) is 10.6 Å². The lowest BCUT2D eigenvalue weighted by Gasteiger charge is -2.09. The third kappa shape index (κ3) is 4.77. The highest BCUT2D eigenvalue weighted by Crippen LogP contribution is 2.01. The summed E-state index contributed by atoms with van der Waals surface area (Å²) in [6.07, 6.45) is 0. The number of amides is 2. The van der Waals surface area contributed by atoms with E-state index in [0.29, 0.717) is 19.0 Å². The van der Waals surface area contributed by atoms with Crippen molar-refractivity contribution in [1.29, 1.82) is 0 Å². The lowest BCUT2D eigenvalue weighted by molar-refractivity contribution is 0.239. The maximum absolute atomic E-state index is 12.6. The zero-order valence-electron chi connectivity index (χ0n) is 9.59. The molecule has 4 heteroatoms. The van der Waals surface area contributed by atoms with E-state index in [1.54, 1.807) is 12.1 Å². The molecule has 1 rings (SSSR count). The van der Waals surface area contributed by atoms with Gasteiger partial charge in [0, 0.05) is 13.1 Å². The fraction of sp³-hybridized carbons (Fsp3) is 0.417. The van der Waals surface area contributed by atoms with Crippen molar-refractivity contribution in [1.82, 2.24) is 10.6 Å². The second kappa shape index (κ2) is 6.10. The molecule has 0 heterocycles. The average molecular weight is 224 g/mol. The number of rotatable bonds is 4. The molecule has 1 aromatic carbocycles. The molecule has 0 aliphatic carbocycles. The van der Waals surface area contributed by atoms with Crippen molar-refractivity contribution in [2.75, 3.05) is 6.54 Å². The molecule has 0 bridgehead atoms. The second-order valence-electron chi connectivity index (χ2n) is 4.08. The highest BCUT2D eigenvalue weighted by atomic mass is 19.1. The monoisotopic (exact) mass is 224 g/mol. The fourth-order valence-electron chi connectivity index (χ4n) is 1.14. The van der Waals surface area contributed by atoms with Crippen molar-refractivity contribution in [3.8, 4) is 0 Å². The smallest absolute Gasteiger partial charge is 0.315 e. The van der Waals surface area contributed by atoms with Gasteiger partial charge in [-0.3, -0.25) is 0 Å². The molecule has 88 valence electrons. The van der Waals surface area contributed by atoms with Gasteiger partial charge in [-0.2, -0.15) is 0 Å². The van der Waals surface area contributed by atoms with Crippen LogP contribution in [0.5, 0.6) is 0 Å². The molecule has 0 aromatic heterocycles. The predicted octanol–water partition coefficient (Wildman–Crippen LogP) is 2.28. The van der Waals surface area contributed by atoms with Crippen LogP contribution in [0.15, 0.2) is 24.3 Å². The van der Waals surface area contributed by atoms with Crippen LogP contribution >= 0.6 is 0 Å². The molecule has 2 N–H and O–H groups in total. The number of benzene rings is 1. The standard InChI is InChI=1S/C12H17FN2O/c1-9(2)7-14-12(16)15-8-10-3-5-11(13)6-4-10/h3-6,9H,7-8H2,1-2H3,(H2,14,15,16). The molecule has 2 amide bonds. The van der Waals surface area contributed by atoms with Crippen molar-refractivity contribution in [2.45, 2.75) is 20.4 Å². The Morgan fingerprint density at radius 3 is 2.44 bits per heavy atom. The van der Waals surface area contributed by atoms with Crippen LogP contribution in [-0.4, -0.2) is 12.6 Å². The number of hydrogen-bond donors (Lipinski definition) is 2. The van der Waals surface area contributed by atoms with Gasteiger partial charge in [0.25, 0.3) is 0 Å². The van der Waals surface area contributed by atoms with Gasteiger partial charge in [0.05, 0.1) is 0 Å². The maximum atomic E-state index is 12.6. The number of carbonyl (C=O) groups is 1. The van der Waals surface area contributed by atoms with Crippen LogP contribution in [0.25, 0.3) is 0 Å². The van der Waals surface area contributed by atoms with E-state index in [1.807, 2.05) is 13.8 Å². The molecule has 0 aliphatic heterocycles. The first-order valence-electron chi connectivity index (χ1n) is 5.34. The third-order valence-corrected chi connectivity index (χ3v) is 2.04. The summed E-state index contributed by atoms with van der Waals surface area (Å²) in [5.74, 6) is 0.157. The molecule has 0 spiro atoms. The van der Waals surface area contributed by atoms with Crippen molar-refractivity contribution in [3.63, 3.8) is 0 Å². The van der Waals surface area contributed by atoms with Gasteiger partial charge in [-0.05, 0) is 23.6 Å². The molecular formula is C12H17FN2O. The molecule has 0 unspecified atom stereocenters. The first kappa shape index (κ1) is 12.5. The van der Waals surface area contributed by atoms with Gasteiger partial charge in [-0.25, -0.2) is 9.18 Å². The van der Waals surface area contributed by atoms with Crippen LogP contribution in [0.1, 0.15) is 19.4 Å². The van der Waals surface area contributed by atoms with E-state index in [-0.39, 0.29) is 11.8 Å². The highest BCUT2D eigenvalue weighted by molar-refractivity contribution is 5.73. The van der Waals surface area contributed by atoms with Crippen LogP contribution in [-0.2, 0) is 6.54 Å². The van der Waals surface area contributed by atoms with Crippen LogP contribution in [0.2, 0.25) is 0 Å². The van der Waals surface area contributed by atoms with Crippen LogP contribution < -0.4 is 10.6 Å². The van der Waals surface area contributed by atoms with Gasteiger partial charge < -0.3 is 10.6 Å². The second-order valence-corrected chi connectivity index (χ2v) is 4.08. The number of halogens is 1. The van der Waals surface area contributed by atoms with Crippen LogP contribution in [0.3, 0.4) is 0 Å². The normalized spacial score (nSPS) is 10.2. The van der Waals surface area contributed by atoms with Crippen molar-refractivity contribution < 1.29 is 9.18 Å². The Balaban J connectivity index is 2.29. The van der Waals surface area contributed by atoms with Crippen molar-refractivity contribution >= 4 is 6.03 Å². The number of urea groups is 1. The van der Waals surface area contributed by atoms with Crippen molar-refractivity contribution in [3.05, 3.63) is 35.6 Å². The molecule has 0 aliphatic rings. The number of hydrogen-bond acceptors (Lipinski definition) is 1. The molecule has 0 radical (unpaired) electrons. The molecular weight excluding hydrogens is 207 g/mol. The largest absolute Gasteiger partial charge is 0.338 e. The zero-order chi connectivity index (χ0) is 12.0. The van der Waals surface area contributed by atoms with Gasteiger partial charge in [0.1, 0.15) is 5.82 Å². The maximum Gasteiger partial charge on any atom is 0.315 e. The number of nitrogens with one attached hydrogen (secondary N) is 2. The summed E-state index contributed by atoms with van der Waals surface area (Å²) >= 11 is 0. The van der Waals surface area contributed by atoms with Gasteiger partial charge >= 0.3 is 6.03 Å². The Labute approximate surface area is 95.0 Å². The summed E-state index contributed by atoms with van der Waals surface area (Å²) in [5, 5.41) is 5.44. The van der Waals surface area contributed by atoms with E-state index < -0.39 is 0 Å². The van der Waals surface area contributed by atoms with Gasteiger partial charge in [-0.15, -0.1) is 0 Å². The lowest BCUT2D eigenvalue weighted by Crippen LogP contribution is -2.36. The molecule has 0 atom stereocenters. The summed E-state index contributed by atoms with van der Waals surface area (Å²) < 4.78 is 12.6. The SMILES string of the molecule is CC(C)CNC(=O)NCc1ccc(F)cc1. The molecule has 16 heavy (non-hydrogen) atoms. The Hall–Kier alpha value is -1.58. The molecule has 0 saturated carbocycles. The predicted molar refractivity (Wildman–Crippen MR) is 61.5 cm³/mol. The topological polar surface area (TPSA) is 41.1 Å². The summed E-state index contributed by atoms with van der Waals surface area (Å²) in [4.78, 5) is 11.3. The van der Waals surface area contributed by atoms with Gasteiger partial charge in [-0.1, -0.05) is 26.0 Å². The fourth-order valence-corrected chi connectivity index (χ4v) is 1.14.